The van der Waals surface area contributed by atoms with Crippen LogP contribution in [0.4, 0.5) is 0 Å². The van der Waals surface area contributed by atoms with Gasteiger partial charge in [-0.05, 0) is 48.2 Å². The van der Waals surface area contributed by atoms with Gasteiger partial charge in [0.15, 0.2) is 5.75 Å². The molecule has 4 rings (SSSR count). The Kier molecular flexibility index (Phi) is 6.67. The van der Waals surface area contributed by atoms with E-state index >= 15 is 0 Å². The lowest BCUT2D eigenvalue weighted by Gasteiger charge is -2.11. The molecule has 0 fully saturated rings. The third kappa shape index (κ3) is 4.87. The number of benzene rings is 2. The van der Waals surface area contributed by atoms with E-state index in [-0.39, 0.29) is 6.61 Å². The van der Waals surface area contributed by atoms with E-state index < -0.39 is 5.97 Å². The van der Waals surface area contributed by atoms with Crippen molar-refractivity contribution in [1.29, 1.82) is 0 Å². The first kappa shape index (κ1) is 22.4. The summed E-state index contributed by atoms with van der Waals surface area (Å²) in [6.45, 7) is 6.19. The van der Waals surface area contributed by atoms with Gasteiger partial charge in [-0.3, -0.25) is 0 Å². The van der Waals surface area contributed by atoms with Gasteiger partial charge in [-0.1, -0.05) is 43.0 Å². The molecule has 1 radical (unpaired) electrons. The Labute approximate surface area is 194 Å². The molecule has 0 saturated carbocycles. The van der Waals surface area contributed by atoms with Gasteiger partial charge in [-0.15, -0.1) is 0 Å². The van der Waals surface area contributed by atoms with Gasteiger partial charge >= 0.3 is 5.97 Å². The van der Waals surface area contributed by atoms with Crippen molar-refractivity contribution in [2.45, 2.75) is 27.2 Å². The van der Waals surface area contributed by atoms with Crippen molar-refractivity contribution in [1.82, 2.24) is 4.57 Å². The maximum absolute atomic E-state index is 12.3. The standard InChI is InChI=1S/C28H26NO4/c1-5-7-8-22-17-29(18-26(22)24-13-11-21(15-19(24)3)20-9-10-20)23-12-14-25(28(30)32-6-2)27(16-23)33-31-4/h9-18H,5-6H2,1-4H3. The Hall–Kier alpha value is -3.75. The van der Waals surface area contributed by atoms with E-state index in [1.807, 2.05) is 23.8 Å². The molecule has 0 aliphatic heterocycles. The smallest absolute Gasteiger partial charge is 0.342 e. The van der Waals surface area contributed by atoms with Crippen LogP contribution < -0.4 is 4.89 Å². The average molecular weight is 441 g/mol. The molecular weight excluding hydrogens is 414 g/mol. The minimum Gasteiger partial charge on any atom is -0.462 e. The molecule has 3 aromatic rings. The quantitative estimate of drug-likeness (QED) is 0.198. The summed E-state index contributed by atoms with van der Waals surface area (Å²) in [7, 11) is 1.40. The molecule has 0 N–H and O–H groups in total. The topological polar surface area (TPSA) is 49.7 Å². The van der Waals surface area contributed by atoms with Gasteiger partial charge in [0.1, 0.15) is 5.56 Å². The number of rotatable bonds is 7. The number of allylic oxidation sites excluding steroid dienone is 2. The number of carbonyl (C=O) groups is 1. The maximum atomic E-state index is 12.3. The van der Waals surface area contributed by atoms with Gasteiger partial charge in [-0.25, -0.2) is 4.79 Å². The molecular formula is C28H26NO4. The molecule has 0 spiro atoms. The highest BCUT2D eigenvalue weighted by atomic mass is 17.2. The molecule has 0 amide bonds. The number of nitrogens with zero attached hydrogens (tertiary/aromatic N) is 1. The van der Waals surface area contributed by atoms with Crippen LogP contribution in [0.25, 0.3) is 22.4 Å². The number of esters is 1. The molecule has 0 unspecified atom stereocenters. The highest BCUT2D eigenvalue weighted by Gasteiger charge is 2.18. The molecule has 1 aliphatic carbocycles. The molecule has 0 atom stereocenters. The summed E-state index contributed by atoms with van der Waals surface area (Å²) >= 11 is 0. The lowest BCUT2D eigenvalue weighted by molar-refractivity contribution is -0.178. The normalized spacial score (nSPS) is 11.9. The van der Waals surface area contributed by atoms with Crippen LogP contribution in [-0.2, 0) is 9.62 Å². The van der Waals surface area contributed by atoms with Crippen molar-refractivity contribution in [3.63, 3.8) is 0 Å². The number of carbonyl (C=O) groups excluding carboxylic acids is 1. The first-order valence-electron chi connectivity index (χ1n) is 10.9. The molecule has 1 heterocycles. The molecule has 5 heteroatoms. The van der Waals surface area contributed by atoms with E-state index in [0.717, 1.165) is 28.8 Å². The fourth-order valence-electron chi connectivity index (χ4n) is 3.69. The number of hydrogen-bond donors (Lipinski definition) is 0. The first-order valence-corrected chi connectivity index (χ1v) is 10.9. The van der Waals surface area contributed by atoms with Crippen molar-refractivity contribution in [3.05, 3.63) is 83.5 Å². The Morgan fingerprint density at radius 3 is 2.55 bits per heavy atom. The summed E-state index contributed by atoms with van der Waals surface area (Å²) in [6.07, 6.45) is 9.05. The molecule has 5 nitrogen and oxygen atoms in total. The van der Waals surface area contributed by atoms with Crippen molar-refractivity contribution in [2.75, 3.05) is 13.7 Å². The van der Waals surface area contributed by atoms with Gasteiger partial charge in [0.05, 0.1) is 19.3 Å². The highest BCUT2D eigenvalue weighted by Crippen LogP contribution is 2.35. The Bertz CT molecular complexity index is 1290. The summed E-state index contributed by atoms with van der Waals surface area (Å²) in [5.74, 6) is 6.31. The van der Waals surface area contributed by atoms with E-state index in [1.54, 1.807) is 19.1 Å². The lowest BCUT2D eigenvalue weighted by Crippen LogP contribution is -2.08. The van der Waals surface area contributed by atoms with Crippen LogP contribution in [0.15, 0.2) is 54.9 Å². The van der Waals surface area contributed by atoms with Crippen LogP contribution in [0.3, 0.4) is 0 Å². The second kappa shape index (κ2) is 9.81. The molecule has 0 bridgehead atoms. The van der Waals surface area contributed by atoms with Crippen LogP contribution in [0, 0.1) is 25.2 Å². The number of hydrogen-bond acceptors (Lipinski definition) is 4. The number of ether oxygens (including phenoxy) is 1. The second-order valence-electron chi connectivity index (χ2n) is 7.62. The average Bonchev–Trinajstić information content (AvgIpc) is 3.58. The van der Waals surface area contributed by atoms with E-state index in [2.05, 4.69) is 55.7 Å². The molecule has 2 aromatic carbocycles. The van der Waals surface area contributed by atoms with Crippen molar-refractivity contribution < 1.29 is 19.3 Å². The predicted molar refractivity (Wildman–Crippen MR) is 129 cm³/mol. The van der Waals surface area contributed by atoms with Crippen LogP contribution in [0.5, 0.6) is 5.75 Å². The van der Waals surface area contributed by atoms with Crippen molar-refractivity contribution in [3.8, 4) is 34.4 Å². The Morgan fingerprint density at radius 1 is 1.06 bits per heavy atom. The zero-order chi connectivity index (χ0) is 23.4. The fourth-order valence-corrected chi connectivity index (χ4v) is 3.69. The molecule has 167 valence electrons. The monoisotopic (exact) mass is 440 g/mol. The van der Waals surface area contributed by atoms with Crippen LogP contribution in [0.2, 0.25) is 0 Å². The minimum absolute atomic E-state index is 0.279. The van der Waals surface area contributed by atoms with E-state index in [0.29, 0.717) is 11.3 Å². The largest absolute Gasteiger partial charge is 0.462 e. The van der Waals surface area contributed by atoms with Gasteiger partial charge in [0.25, 0.3) is 0 Å². The summed E-state index contributed by atoms with van der Waals surface area (Å²) < 4.78 is 7.11. The maximum Gasteiger partial charge on any atom is 0.342 e. The van der Waals surface area contributed by atoms with E-state index in [1.165, 1.54) is 23.8 Å². The molecule has 0 saturated heterocycles. The highest BCUT2D eigenvalue weighted by molar-refractivity contribution is 5.93. The zero-order valence-electron chi connectivity index (χ0n) is 19.3. The zero-order valence-corrected chi connectivity index (χ0v) is 19.3. The fraction of sp³-hybridized carbons (Fsp3) is 0.214. The van der Waals surface area contributed by atoms with Crippen LogP contribution >= 0.6 is 0 Å². The van der Waals surface area contributed by atoms with E-state index in [4.69, 9.17) is 14.5 Å². The van der Waals surface area contributed by atoms with Crippen molar-refractivity contribution in [2.24, 2.45) is 0 Å². The summed E-state index contributed by atoms with van der Waals surface area (Å²) in [4.78, 5) is 22.4. The molecule has 1 aliphatic rings. The summed E-state index contributed by atoms with van der Waals surface area (Å²) in [6, 6.07) is 11.8. The number of aromatic nitrogens is 1. The van der Waals surface area contributed by atoms with Gasteiger partial charge in [0.2, 0.25) is 0 Å². The Balaban J connectivity index is 1.78. The predicted octanol–water partition coefficient (Wildman–Crippen LogP) is 5.93. The van der Waals surface area contributed by atoms with Gasteiger partial charge < -0.3 is 14.2 Å². The summed E-state index contributed by atoms with van der Waals surface area (Å²) in [5, 5.41) is 0. The van der Waals surface area contributed by atoms with Gasteiger partial charge in [-0.2, -0.15) is 4.89 Å². The Morgan fingerprint density at radius 2 is 1.88 bits per heavy atom. The summed E-state index contributed by atoms with van der Waals surface area (Å²) in [5.41, 5.74) is 7.94. The van der Waals surface area contributed by atoms with Crippen LogP contribution in [0.1, 0.15) is 47.3 Å². The van der Waals surface area contributed by atoms with Crippen molar-refractivity contribution >= 4 is 11.5 Å². The molecule has 33 heavy (non-hydrogen) atoms. The minimum atomic E-state index is -0.461. The van der Waals surface area contributed by atoms with Crippen LogP contribution in [-0.4, -0.2) is 24.3 Å². The third-order valence-electron chi connectivity index (χ3n) is 5.34. The third-order valence-corrected chi connectivity index (χ3v) is 5.34. The SMILES string of the molecule is CCC#Cc1cn(-c2ccc(C(=O)OCC)c(OOC)c2)cc1-c1ccc(C2=C[CH]2)cc1C. The second-order valence-corrected chi connectivity index (χ2v) is 7.62. The lowest BCUT2D eigenvalue weighted by atomic mass is 9.97. The van der Waals surface area contributed by atoms with Gasteiger partial charge in [0, 0.05) is 42.6 Å². The van der Waals surface area contributed by atoms with E-state index in [9.17, 15) is 4.79 Å². The first-order chi connectivity index (χ1) is 16.0. The number of aryl methyl sites for hydroxylation is 1. The molecule has 1 aromatic heterocycles.